The van der Waals surface area contributed by atoms with Crippen molar-refractivity contribution in [2.75, 3.05) is 11.9 Å². The molecule has 20 heavy (non-hydrogen) atoms. The second-order valence-electron chi connectivity index (χ2n) is 4.46. The van der Waals surface area contributed by atoms with Crippen molar-refractivity contribution < 1.29 is 9.13 Å². The van der Waals surface area contributed by atoms with E-state index in [1.807, 2.05) is 24.3 Å². The number of hydrogen-bond acceptors (Lipinski definition) is 2. The third-order valence-corrected chi connectivity index (χ3v) is 3.29. The summed E-state index contributed by atoms with van der Waals surface area (Å²) in [7, 11) is 0. The predicted octanol–water partition coefficient (Wildman–Crippen LogP) is 4.99. The minimum Gasteiger partial charge on any atom is -0.493 e. The largest absolute Gasteiger partial charge is 0.493 e. The second-order valence-corrected chi connectivity index (χ2v) is 5.38. The Hall–Kier alpha value is -1.55. The van der Waals surface area contributed by atoms with E-state index in [4.69, 9.17) is 4.74 Å². The van der Waals surface area contributed by atoms with E-state index in [0.29, 0.717) is 13.2 Å². The lowest BCUT2D eigenvalue weighted by Gasteiger charge is -2.13. The summed E-state index contributed by atoms with van der Waals surface area (Å²) in [6.45, 7) is 3.35. The van der Waals surface area contributed by atoms with Crippen LogP contribution in [0.15, 0.2) is 46.9 Å². The van der Waals surface area contributed by atoms with Gasteiger partial charge in [0.15, 0.2) is 0 Å². The van der Waals surface area contributed by atoms with Gasteiger partial charge in [-0.2, -0.15) is 0 Å². The maximum atomic E-state index is 13.1. The molecule has 2 rings (SSSR count). The van der Waals surface area contributed by atoms with Gasteiger partial charge in [-0.05, 0) is 42.8 Å². The lowest BCUT2D eigenvalue weighted by Crippen LogP contribution is -2.04. The van der Waals surface area contributed by atoms with Crippen LogP contribution in [0.3, 0.4) is 0 Å². The van der Waals surface area contributed by atoms with Crippen molar-refractivity contribution >= 4 is 21.6 Å². The fourth-order valence-corrected chi connectivity index (χ4v) is 2.24. The zero-order valence-corrected chi connectivity index (χ0v) is 12.9. The molecule has 4 heteroatoms. The van der Waals surface area contributed by atoms with Crippen LogP contribution < -0.4 is 10.1 Å². The minimum atomic E-state index is -0.244. The van der Waals surface area contributed by atoms with Gasteiger partial charge in [-0.25, -0.2) is 4.39 Å². The lowest BCUT2D eigenvalue weighted by molar-refractivity contribution is 0.314. The highest BCUT2D eigenvalue weighted by atomic mass is 79.9. The van der Waals surface area contributed by atoms with Crippen molar-refractivity contribution in [2.45, 2.75) is 19.9 Å². The highest BCUT2D eigenvalue weighted by Gasteiger charge is 2.05. The molecular formula is C16H17BrFNO. The van der Waals surface area contributed by atoms with Crippen LogP contribution in [0.25, 0.3) is 0 Å². The topological polar surface area (TPSA) is 21.3 Å². The third kappa shape index (κ3) is 4.23. The van der Waals surface area contributed by atoms with Gasteiger partial charge in [0, 0.05) is 22.3 Å². The van der Waals surface area contributed by atoms with Crippen LogP contribution in [0.2, 0.25) is 0 Å². The van der Waals surface area contributed by atoms with E-state index < -0.39 is 0 Å². The van der Waals surface area contributed by atoms with Crippen LogP contribution in [-0.2, 0) is 6.54 Å². The van der Waals surface area contributed by atoms with Crippen molar-refractivity contribution in [3.05, 3.63) is 58.3 Å². The number of rotatable bonds is 6. The molecule has 0 saturated heterocycles. The normalized spacial score (nSPS) is 10.3. The average molecular weight is 338 g/mol. The first-order valence-corrected chi connectivity index (χ1v) is 7.39. The zero-order valence-electron chi connectivity index (χ0n) is 11.3. The Bertz CT molecular complexity index is 574. The molecule has 0 unspecified atom stereocenters. The van der Waals surface area contributed by atoms with Crippen LogP contribution in [0, 0.1) is 5.82 Å². The molecular weight excluding hydrogens is 321 g/mol. The number of hydrogen-bond donors (Lipinski definition) is 1. The molecule has 0 spiro atoms. The van der Waals surface area contributed by atoms with Crippen molar-refractivity contribution in [1.82, 2.24) is 0 Å². The minimum absolute atomic E-state index is 0.244. The molecule has 2 aromatic rings. The lowest BCUT2D eigenvalue weighted by atomic mass is 10.2. The molecule has 0 fully saturated rings. The number of ether oxygens (including phenoxy) is 1. The Morgan fingerprint density at radius 3 is 2.80 bits per heavy atom. The molecule has 0 atom stereocenters. The molecule has 0 bridgehead atoms. The molecule has 0 aliphatic carbocycles. The molecule has 1 N–H and O–H groups in total. The monoisotopic (exact) mass is 337 g/mol. The van der Waals surface area contributed by atoms with Gasteiger partial charge in [0.2, 0.25) is 0 Å². The van der Waals surface area contributed by atoms with Gasteiger partial charge < -0.3 is 10.1 Å². The van der Waals surface area contributed by atoms with E-state index in [-0.39, 0.29) is 5.82 Å². The maximum Gasteiger partial charge on any atom is 0.125 e. The molecule has 2 aromatic carbocycles. The molecule has 2 nitrogen and oxygen atoms in total. The Balaban J connectivity index is 2.09. The first-order chi connectivity index (χ1) is 9.69. The van der Waals surface area contributed by atoms with Gasteiger partial charge >= 0.3 is 0 Å². The van der Waals surface area contributed by atoms with Gasteiger partial charge in [-0.1, -0.05) is 28.9 Å². The van der Waals surface area contributed by atoms with Crippen molar-refractivity contribution in [1.29, 1.82) is 0 Å². The van der Waals surface area contributed by atoms with Crippen LogP contribution >= 0.6 is 15.9 Å². The summed E-state index contributed by atoms with van der Waals surface area (Å²) in [4.78, 5) is 0. The summed E-state index contributed by atoms with van der Waals surface area (Å²) in [5.74, 6) is 0.616. The van der Waals surface area contributed by atoms with Crippen LogP contribution in [0.4, 0.5) is 10.1 Å². The first kappa shape index (κ1) is 14.9. The van der Waals surface area contributed by atoms with E-state index in [9.17, 15) is 4.39 Å². The third-order valence-electron chi connectivity index (χ3n) is 2.79. The number of nitrogens with one attached hydrogen (secondary N) is 1. The quantitative estimate of drug-likeness (QED) is 0.801. The maximum absolute atomic E-state index is 13.1. The zero-order chi connectivity index (χ0) is 14.4. The van der Waals surface area contributed by atoms with Gasteiger partial charge in [0.05, 0.1) is 6.61 Å². The molecule has 0 aliphatic heterocycles. The highest BCUT2D eigenvalue weighted by Crippen LogP contribution is 2.24. The van der Waals surface area contributed by atoms with E-state index in [1.165, 1.54) is 12.1 Å². The Labute approximate surface area is 127 Å². The Kier molecular flexibility index (Phi) is 5.41. The van der Waals surface area contributed by atoms with Gasteiger partial charge in [-0.3, -0.25) is 0 Å². The summed E-state index contributed by atoms with van der Waals surface area (Å²) in [5, 5.41) is 3.20. The predicted molar refractivity (Wildman–Crippen MR) is 83.7 cm³/mol. The number of anilines is 1. The van der Waals surface area contributed by atoms with E-state index in [1.54, 1.807) is 6.07 Å². The van der Waals surface area contributed by atoms with E-state index in [0.717, 1.165) is 27.9 Å². The van der Waals surface area contributed by atoms with Crippen molar-refractivity contribution in [3.8, 4) is 5.75 Å². The van der Waals surface area contributed by atoms with Gasteiger partial charge in [-0.15, -0.1) is 0 Å². The van der Waals surface area contributed by atoms with Gasteiger partial charge in [0.25, 0.3) is 0 Å². The standard InChI is InChI=1S/C16H17BrFNO/c1-2-8-20-16-7-6-13(17)9-12(16)11-19-15-5-3-4-14(18)10-15/h3-7,9-10,19H,2,8,11H2,1H3. The van der Waals surface area contributed by atoms with E-state index >= 15 is 0 Å². The smallest absolute Gasteiger partial charge is 0.125 e. The molecule has 0 saturated carbocycles. The van der Waals surface area contributed by atoms with E-state index in [2.05, 4.69) is 28.2 Å². The molecule has 0 radical (unpaired) electrons. The summed E-state index contributed by atoms with van der Waals surface area (Å²) >= 11 is 3.46. The fraction of sp³-hybridized carbons (Fsp3) is 0.250. The molecule has 106 valence electrons. The Morgan fingerprint density at radius 2 is 2.05 bits per heavy atom. The Morgan fingerprint density at radius 1 is 1.20 bits per heavy atom. The summed E-state index contributed by atoms with van der Waals surface area (Å²) in [5.41, 5.74) is 1.79. The summed E-state index contributed by atoms with van der Waals surface area (Å²) in [6, 6.07) is 12.3. The SMILES string of the molecule is CCCOc1ccc(Br)cc1CNc1cccc(F)c1. The summed E-state index contributed by atoms with van der Waals surface area (Å²) < 4.78 is 19.8. The van der Waals surface area contributed by atoms with Crippen LogP contribution in [-0.4, -0.2) is 6.61 Å². The van der Waals surface area contributed by atoms with Crippen molar-refractivity contribution in [3.63, 3.8) is 0 Å². The average Bonchev–Trinajstić information content (AvgIpc) is 2.44. The highest BCUT2D eigenvalue weighted by molar-refractivity contribution is 9.10. The summed E-state index contributed by atoms with van der Waals surface area (Å²) in [6.07, 6.45) is 0.965. The first-order valence-electron chi connectivity index (χ1n) is 6.59. The molecule has 0 heterocycles. The van der Waals surface area contributed by atoms with Crippen LogP contribution in [0.5, 0.6) is 5.75 Å². The van der Waals surface area contributed by atoms with Gasteiger partial charge in [0.1, 0.15) is 11.6 Å². The van der Waals surface area contributed by atoms with Crippen LogP contribution in [0.1, 0.15) is 18.9 Å². The molecule has 0 aromatic heterocycles. The fourth-order valence-electron chi connectivity index (χ4n) is 1.83. The van der Waals surface area contributed by atoms with Crippen molar-refractivity contribution in [2.24, 2.45) is 0 Å². The number of benzene rings is 2. The molecule has 0 aliphatic rings. The number of halogens is 2. The molecule has 0 amide bonds. The second kappa shape index (κ2) is 7.29.